The quantitative estimate of drug-likeness (QED) is 0.863. The molecule has 0 aromatic heterocycles. The van der Waals surface area contributed by atoms with Crippen molar-refractivity contribution < 1.29 is 9.53 Å². The van der Waals surface area contributed by atoms with E-state index >= 15 is 0 Å². The van der Waals surface area contributed by atoms with Crippen molar-refractivity contribution in [1.29, 1.82) is 0 Å². The monoisotopic (exact) mass is 250 g/mol. The average Bonchev–Trinajstić information content (AvgIpc) is 2.26. The van der Waals surface area contributed by atoms with E-state index in [-0.39, 0.29) is 11.6 Å². The van der Waals surface area contributed by atoms with E-state index in [1.807, 2.05) is 52.0 Å². The van der Waals surface area contributed by atoms with Gasteiger partial charge in [0.05, 0.1) is 6.61 Å². The molecule has 2 N–H and O–H groups in total. The summed E-state index contributed by atoms with van der Waals surface area (Å²) in [5.74, 6) is 0.848. The van der Waals surface area contributed by atoms with Crippen molar-refractivity contribution in [3.05, 3.63) is 29.8 Å². The Morgan fingerprint density at radius 1 is 1.22 bits per heavy atom. The Balaban J connectivity index is 2.41. The normalized spacial score (nSPS) is 10.9. The van der Waals surface area contributed by atoms with Gasteiger partial charge in [-0.3, -0.25) is 0 Å². The van der Waals surface area contributed by atoms with Crippen LogP contribution in [0.2, 0.25) is 0 Å². The first kappa shape index (κ1) is 14.4. The number of benzene rings is 1. The van der Waals surface area contributed by atoms with Gasteiger partial charge in [-0.15, -0.1) is 0 Å². The molecular formula is C14H22N2O2. The van der Waals surface area contributed by atoms with Gasteiger partial charge in [0.25, 0.3) is 0 Å². The molecule has 1 aromatic rings. The van der Waals surface area contributed by atoms with E-state index < -0.39 is 0 Å². The first-order valence-electron chi connectivity index (χ1n) is 6.18. The summed E-state index contributed by atoms with van der Waals surface area (Å²) < 4.78 is 5.35. The maximum Gasteiger partial charge on any atom is 0.315 e. The molecule has 2 amide bonds. The summed E-state index contributed by atoms with van der Waals surface area (Å²) in [5.41, 5.74) is 0.825. The van der Waals surface area contributed by atoms with Crippen LogP contribution in [0, 0.1) is 0 Å². The second kappa shape index (κ2) is 6.28. The number of carbonyl (C=O) groups is 1. The fraction of sp³-hybridized carbons (Fsp3) is 0.500. The highest BCUT2D eigenvalue weighted by Gasteiger charge is 2.12. The lowest BCUT2D eigenvalue weighted by atomic mass is 10.1. The first-order chi connectivity index (χ1) is 8.40. The Morgan fingerprint density at radius 2 is 1.83 bits per heavy atom. The van der Waals surface area contributed by atoms with Crippen molar-refractivity contribution >= 4 is 6.03 Å². The van der Waals surface area contributed by atoms with Gasteiger partial charge in [-0.25, -0.2) is 4.79 Å². The van der Waals surface area contributed by atoms with Crippen molar-refractivity contribution in [3.8, 4) is 5.75 Å². The van der Waals surface area contributed by atoms with E-state index in [0.717, 1.165) is 11.3 Å². The second-order valence-corrected chi connectivity index (χ2v) is 5.13. The van der Waals surface area contributed by atoms with Crippen LogP contribution in [0.5, 0.6) is 5.75 Å². The van der Waals surface area contributed by atoms with Crippen LogP contribution in [0.15, 0.2) is 24.3 Å². The van der Waals surface area contributed by atoms with Crippen molar-refractivity contribution in [3.63, 3.8) is 0 Å². The molecule has 0 fully saturated rings. The van der Waals surface area contributed by atoms with Gasteiger partial charge < -0.3 is 15.4 Å². The predicted octanol–water partition coefficient (Wildman–Crippen LogP) is 2.68. The molecule has 0 saturated carbocycles. The van der Waals surface area contributed by atoms with E-state index in [4.69, 9.17) is 4.74 Å². The van der Waals surface area contributed by atoms with Crippen LogP contribution >= 0.6 is 0 Å². The van der Waals surface area contributed by atoms with E-state index in [0.29, 0.717) is 13.2 Å². The first-order valence-corrected chi connectivity index (χ1v) is 6.18. The van der Waals surface area contributed by atoms with Crippen molar-refractivity contribution in [2.24, 2.45) is 0 Å². The Kier molecular flexibility index (Phi) is 5.01. The van der Waals surface area contributed by atoms with Crippen LogP contribution in [0.4, 0.5) is 4.79 Å². The zero-order valence-electron chi connectivity index (χ0n) is 11.5. The molecule has 0 aliphatic carbocycles. The van der Waals surface area contributed by atoms with Gasteiger partial charge in [0.15, 0.2) is 0 Å². The van der Waals surface area contributed by atoms with Crippen molar-refractivity contribution in [2.45, 2.75) is 39.8 Å². The Labute approximate surface area is 109 Å². The van der Waals surface area contributed by atoms with Gasteiger partial charge in [-0.2, -0.15) is 0 Å². The van der Waals surface area contributed by atoms with E-state index in [1.54, 1.807) is 0 Å². The zero-order chi connectivity index (χ0) is 13.6. The molecule has 0 radical (unpaired) electrons. The van der Waals surface area contributed by atoms with Crippen LogP contribution in [0.25, 0.3) is 0 Å². The molecule has 1 rings (SSSR count). The second-order valence-electron chi connectivity index (χ2n) is 5.13. The van der Waals surface area contributed by atoms with Crippen LogP contribution in [0.1, 0.15) is 33.3 Å². The lowest BCUT2D eigenvalue weighted by Crippen LogP contribution is -2.46. The number of carbonyl (C=O) groups excluding carboxylic acids is 1. The molecule has 0 unspecified atom stereocenters. The lowest BCUT2D eigenvalue weighted by Gasteiger charge is -2.20. The number of hydrogen-bond acceptors (Lipinski definition) is 2. The minimum absolute atomic E-state index is 0.156. The summed E-state index contributed by atoms with van der Waals surface area (Å²) in [5, 5.41) is 5.66. The standard InChI is InChI=1S/C14H22N2O2/c1-5-18-12-8-6-11(7-9-12)10-15-13(17)16-14(2,3)4/h6-9H,5,10H2,1-4H3,(H2,15,16,17). The number of urea groups is 1. The SMILES string of the molecule is CCOc1ccc(CNC(=O)NC(C)(C)C)cc1. The summed E-state index contributed by atoms with van der Waals surface area (Å²) in [6.07, 6.45) is 0. The van der Waals surface area contributed by atoms with Crippen LogP contribution < -0.4 is 15.4 Å². The molecule has 100 valence electrons. The van der Waals surface area contributed by atoms with Gasteiger partial charge in [-0.1, -0.05) is 12.1 Å². The third-order valence-corrected chi connectivity index (χ3v) is 2.18. The largest absolute Gasteiger partial charge is 0.494 e. The molecule has 1 aromatic carbocycles. The molecular weight excluding hydrogens is 228 g/mol. The number of amides is 2. The molecule has 0 aliphatic rings. The van der Waals surface area contributed by atoms with Gasteiger partial charge in [0, 0.05) is 12.1 Å². The summed E-state index contributed by atoms with van der Waals surface area (Å²) in [6.45, 7) is 8.96. The van der Waals surface area contributed by atoms with E-state index in [1.165, 1.54) is 0 Å². The minimum atomic E-state index is -0.219. The molecule has 0 aliphatic heterocycles. The summed E-state index contributed by atoms with van der Waals surface area (Å²) in [4.78, 5) is 11.6. The third kappa shape index (κ3) is 5.57. The maximum absolute atomic E-state index is 11.6. The van der Waals surface area contributed by atoms with Crippen LogP contribution in [-0.4, -0.2) is 18.2 Å². The van der Waals surface area contributed by atoms with Crippen LogP contribution in [0.3, 0.4) is 0 Å². The molecule has 0 saturated heterocycles. The average molecular weight is 250 g/mol. The fourth-order valence-electron chi connectivity index (χ4n) is 1.44. The summed E-state index contributed by atoms with van der Waals surface area (Å²) in [6, 6.07) is 7.55. The molecule has 0 bridgehead atoms. The van der Waals surface area contributed by atoms with Gasteiger partial charge >= 0.3 is 6.03 Å². The Hall–Kier alpha value is -1.71. The Morgan fingerprint density at radius 3 is 2.33 bits per heavy atom. The highest BCUT2D eigenvalue weighted by atomic mass is 16.5. The van der Waals surface area contributed by atoms with E-state index in [2.05, 4.69) is 10.6 Å². The maximum atomic E-state index is 11.6. The van der Waals surface area contributed by atoms with E-state index in [9.17, 15) is 4.79 Å². The summed E-state index contributed by atoms with van der Waals surface area (Å²) >= 11 is 0. The highest BCUT2D eigenvalue weighted by Crippen LogP contribution is 2.11. The van der Waals surface area contributed by atoms with Crippen molar-refractivity contribution in [1.82, 2.24) is 10.6 Å². The number of rotatable bonds is 4. The lowest BCUT2D eigenvalue weighted by molar-refractivity contribution is 0.231. The number of ether oxygens (including phenoxy) is 1. The molecule has 4 nitrogen and oxygen atoms in total. The Bertz CT molecular complexity index is 380. The number of hydrogen-bond donors (Lipinski definition) is 2. The van der Waals surface area contributed by atoms with Gasteiger partial charge in [0.1, 0.15) is 5.75 Å². The molecule has 0 atom stereocenters. The molecule has 4 heteroatoms. The van der Waals surface area contributed by atoms with Crippen LogP contribution in [-0.2, 0) is 6.54 Å². The molecule has 0 spiro atoms. The third-order valence-electron chi connectivity index (χ3n) is 2.18. The topological polar surface area (TPSA) is 50.4 Å². The predicted molar refractivity (Wildman–Crippen MR) is 72.7 cm³/mol. The highest BCUT2D eigenvalue weighted by molar-refractivity contribution is 5.74. The fourth-order valence-corrected chi connectivity index (χ4v) is 1.44. The summed E-state index contributed by atoms with van der Waals surface area (Å²) in [7, 11) is 0. The molecule has 18 heavy (non-hydrogen) atoms. The number of nitrogens with one attached hydrogen (secondary N) is 2. The van der Waals surface area contributed by atoms with Gasteiger partial charge in [0.2, 0.25) is 0 Å². The van der Waals surface area contributed by atoms with Gasteiger partial charge in [-0.05, 0) is 45.4 Å². The smallest absolute Gasteiger partial charge is 0.315 e. The minimum Gasteiger partial charge on any atom is -0.494 e. The molecule has 0 heterocycles. The zero-order valence-corrected chi connectivity index (χ0v) is 11.5. The van der Waals surface area contributed by atoms with Crippen molar-refractivity contribution in [2.75, 3.05) is 6.61 Å².